The molecule has 0 aliphatic heterocycles. The predicted octanol–water partition coefficient (Wildman–Crippen LogP) is 6.62. The van der Waals surface area contributed by atoms with Crippen molar-refractivity contribution >= 4 is 22.3 Å². The molecule has 36 heavy (non-hydrogen) atoms. The highest BCUT2D eigenvalue weighted by Gasteiger charge is 2.20. The van der Waals surface area contributed by atoms with E-state index in [9.17, 15) is 9.18 Å². The number of hydrogen-bond acceptors (Lipinski definition) is 4. The normalized spacial score (nSPS) is 11.7. The summed E-state index contributed by atoms with van der Waals surface area (Å²) in [7, 11) is 0. The number of pyridine rings is 1. The molecule has 2 heterocycles. The number of anilines is 1. The van der Waals surface area contributed by atoms with E-state index in [0.717, 1.165) is 5.39 Å². The van der Waals surface area contributed by atoms with Gasteiger partial charge in [-0.15, -0.1) is 0 Å². The molecule has 0 unspecified atom stereocenters. The van der Waals surface area contributed by atoms with E-state index < -0.39 is 0 Å². The predicted molar refractivity (Wildman–Crippen MR) is 140 cm³/mol. The van der Waals surface area contributed by atoms with Gasteiger partial charge in [0, 0.05) is 17.6 Å². The second kappa shape index (κ2) is 9.43. The lowest BCUT2D eigenvalue weighted by molar-refractivity contribution is 0.628. The third kappa shape index (κ3) is 4.21. The largest absolute Gasteiger partial charge is 0.371 e. The maximum atomic E-state index is 14.1. The van der Waals surface area contributed by atoms with Crippen LogP contribution in [0.15, 0.2) is 89.9 Å². The van der Waals surface area contributed by atoms with Crippen LogP contribution >= 0.6 is 0 Å². The number of nitrogens with one attached hydrogen (secondary N) is 1. The first kappa shape index (κ1) is 22.9. The second-order valence-corrected chi connectivity index (χ2v) is 8.45. The molecule has 5 aromatic rings. The third-order valence-electron chi connectivity index (χ3n) is 6.03. The van der Waals surface area contributed by atoms with Crippen LogP contribution in [0.3, 0.4) is 0 Å². The fraction of sp³-hybridized carbons (Fsp3) is 0.103. The number of para-hydroxylation sites is 1. The van der Waals surface area contributed by atoms with Gasteiger partial charge in [0.1, 0.15) is 17.5 Å². The summed E-state index contributed by atoms with van der Waals surface area (Å²) in [5.74, 6) is 0.583. The van der Waals surface area contributed by atoms with Gasteiger partial charge in [-0.2, -0.15) is 0 Å². The zero-order valence-corrected chi connectivity index (χ0v) is 19.7. The van der Waals surface area contributed by atoms with Crippen LogP contribution < -0.4 is 10.9 Å². The Morgan fingerprint density at radius 1 is 1.03 bits per heavy atom. The molecule has 0 fully saturated rings. The molecule has 0 saturated heterocycles. The first-order valence-corrected chi connectivity index (χ1v) is 11.4. The van der Waals surface area contributed by atoms with Crippen LogP contribution in [0.25, 0.3) is 32.4 Å². The second-order valence-electron chi connectivity index (χ2n) is 8.45. The standard InChI is InChI=1S/C29H22FN5O/c1-18(33-28-25(31-3)17-32-19(2)34-28)26-16-21-10-8-14-24(20-9-7-11-22(30)15-20)27(21)29(36)35(26)23-12-5-4-6-13-23/h4-18H,1-2H3,(H,32,33,34)/t18-/m0/s1. The Morgan fingerprint density at radius 2 is 1.81 bits per heavy atom. The first-order chi connectivity index (χ1) is 17.5. The van der Waals surface area contributed by atoms with E-state index in [1.54, 1.807) is 23.6 Å². The molecule has 5 rings (SSSR count). The molecule has 0 aliphatic rings. The van der Waals surface area contributed by atoms with Gasteiger partial charge in [-0.1, -0.05) is 48.5 Å². The van der Waals surface area contributed by atoms with Crippen LogP contribution in [-0.2, 0) is 0 Å². The summed E-state index contributed by atoms with van der Waals surface area (Å²) in [6.45, 7) is 11.1. The number of aryl methyl sites for hydroxylation is 1. The number of nitrogens with zero attached hydrogens (tertiary/aromatic N) is 4. The lowest BCUT2D eigenvalue weighted by atomic mass is 9.97. The van der Waals surface area contributed by atoms with Crippen LogP contribution in [0.2, 0.25) is 0 Å². The van der Waals surface area contributed by atoms with Crippen molar-refractivity contribution in [2.45, 2.75) is 19.9 Å². The smallest absolute Gasteiger partial charge is 0.263 e. The average molecular weight is 476 g/mol. The van der Waals surface area contributed by atoms with Gasteiger partial charge in [0.15, 0.2) is 0 Å². The zero-order valence-electron chi connectivity index (χ0n) is 19.7. The summed E-state index contributed by atoms with van der Waals surface area (Å²) in [4.78, 5) is 26.2. The van der Waals surface area contributed by atoms with Gasteiger partial charge >= 0.3 is 0 Å². The molecule has 2 aromatic heterocycles. The van der Waals surface area contributed by atoms with Gasteiger partial charge in [0.05, 0.1) is 18.0 Å². The summed E-state index contributed by atoms with van der Waals surface area (Å²) < 4.78 is 15.7. The summed E-state index contributed by atoms with van der Waals surface area (Å²) in [5, 5.41) is 4.54. The molecule has 6 nitrogen and oxygen atoms in total. The molecule has 3 aromatic carbocycles. The Morgan fingerprint density at radius 3 is 2.56 bits per heavy atom. The van der Waals surface area contributed by atoms with E-state index in [0.29, 0.717) is 45.2 Å². The quantitative estimate of drug-likeness (QED) is 0.290. The van der Waals surface area contributed by atoms with Crippen LogP contribution in [0.5, 0.6) is 0 Å². The fourth-order valence-electron chi connectivity index (χ4n) is 4.37. The number of benzene rings is 3. The van der Waals surface area contributed by atoms with Gasteiger partial charge in [0.2, 0.25) is 5.69 Å². The number of rotatable bonds is 5. The molecule has 176 valence electrons. The number of fused-ring (bicyclic) bond motifs is 1. The Kier molecular flexibility index (Phi) is 6.01. The van der Waals surface area contributed by atoms with Crippen molar-refractivity contribution < 1.29 is 4.39 Å². The molecule has 0 aliphatic carbocycles. The maximum absolute atomic E-state index is 14.1. The number of halogens is 1. The van der Waals surface area contributed by atoms with E-state index in [1.807, 2.05) is 61.5 Å². The molecule has 0 spiro atoms. The Balaban J connectivity index is 1.75. The van der Waals surface area contributed by atoms with Gasteiger partial charge < -0.3 is 5.32 Å². The molecule has 1 N–H and O–H groups in total. The van der Waals surface area contributed by atoms with Gasteiger partial charge in [-0.25, -0.2) is 14.2 Å². The summed E-state index contributed by atoms with van der Waals surface area (Å²) in [6.07, 6.45) is 1.49. The minimum absolute atomic E-state index is 0.216. The summed E-state index contributed by atoms with van der Waals surface area (Å²) >= 11 is 0. The average Bonchev–Trinajstić information content (AvgIpc) is 2.89. The van der Waals surface area contributed by atoms with Crippen molar-refractivity contribution in [1.82, 2.24) is 14.5 Å². The molecule has 7 heteroatoms. The SMILES string of the molecule is [C-]#[N+]c1cnc(C)nc1N[C@@H](C)c1cc2cccc(-c3cccc(F)c3)c2c(=O)n1-c1ccccc1. The fourth-order valence-corrected chi connectivity index (χ4v) is 4.37. The molecule has 1 atom stereocenters. The monoisotopic (exact) mass is 475 g/mol. The Labute approximate surface area is 207 Å². The highest BCUT2D eigenvalue weighted by molar-refractivity contribution is 5.96. The highest BCUT2D eigenvalue weighted by Crippen LogP contribution is 2.31. The minimum atomic E-state index is -0.380. The van der Waals surface area contributed by atoms with E-state index in [2.05, 4.69) is 20.1 Å². The summed E-state index contributed by atoms with van der Waals surface area (Å²) in [5.41, 5.74) is 2.78. The highest BCUT2D eigenvalue weighted by atomic mass is 19.1. The van der Waals surface area contributed by atoms with E-state index in [4.69, 9.17) is 6.57 Å². The van der Waals surface area contributed by atoms with Crippen molar-refractivity contribution in [3.05, 3.63) is 124 Å². The summed E-state index contributed by atoms with van der Waals surface area (Å²) in [6, 6.07) is 22.8. The van der Waals surface area contributed by atoms with Crippen LogP contribution in [0.4, 0.5) is 15.9 Å². The van der Waals surface area contributed by atoms with E-state index in [1.165, 1.54) is 18.3 Å². The number of hydrogen-bond donors (Lipinski definition) is 1. The van der Waals surface area contributed by atoms with Crippen molar-refractivity contribution in [3.8, 4) is 16.8 Å². The molecular weight excluding hydrogens is 453 g/mol. The topological polar surface area (TPSA) is 64.2 Å². The molecule has 0 bridgehead atoms. The lowest BCUT2D eigenvalue weighted by Crippen LogP contribution is -2.26. The van der Waals surface area contributed by atoms with Crippen LogP contribution in [-0.4, -0.2) is 14.5 Å². The third-order valence-corrected chi connectivity index (χ3v) is 6.03. The van der Waals surface area contributed by atoms with Crippen LogP contribution in [0, 0.1) is 19.3 Å². The van der Waals surface area contributed by atoms with E-state index >= 15 is 0 Å². The number of aromatic nitrogens is 3. The molecule has 0 amide bonds. The van der Waals surface area contributed by atoms with Crippen LogP contribution in [0.1, 0.15) is 24.5 Å². The Bertz CT molecular complexity index is 1690. The van der Waals surface area contributed by atoms with Gasteiger partial charge in [-0.3, -0.25) is 14.3 Å². The minimum Gasteiger partial charge on any atom is -0.371 e. The van der Waals surface area contributed by atoms with Gasteiger partial charge in [-0.05, 0) is 60.7 Å². The molecule has 0 radical (unpaired) electrons. The van der Waals surface area contributed by atoms with Gasteiger partial charge in [0.25, 0.3) is 5.56 Å². The molecular formula is C29H22FN5O. The van der Waals surface area contributed by atoms with Crippen molar-refractivity contribution in [3.63, 3.8) is 0 Å². The van der Waals surface area contributed by atoms with Crippen molar-refractivity contribution in [2.75, 3.05) is 5.32 Å². The first-order valence-electron chi connectivity index (χ1n) is 11.4. The Hall–Kier alpha value is -4.83. The zero-order chi connectivity index (χ0) is 25.2. The van der Waals surface area contributed by atoms with Crippen molar-refractivity contribution in [1.29, 1.82) is 0 Å². The maximum Gasteiger partial charge on any atom is 0.263 e. The molecule has 0 saturated carbocycles. The van der Waals surface area contributed by atoms with Crippen molar-refractivity contribution in [2.24, 2.45) is 0 Å². The lowest BCUT2D eigenvalue weighted by Gasteiger charge is -2.22. The van der Waals surface area contributed by atoms with E-state index in [-0.39, 0.29) is 17.4 Å².